The molecule has 0 spiro atoms. The minimum Gasteiger partial charge on any atom is -0.398 e. The molecule has 20 heavy (non-hydrogen) atoms. The number of hydrogen-bond donors (Lipinski definition) is 2. The van der Waals surface area contributed by atoms with E-state index < -0.39 is 10.0 Å². The summed E-state index contributed by atoms with van der Waals surface area (Å²) < 4.78 is 33.1. The lowest BCUT2D eigenvalue weighted by Gasteiger charge is -2.11. The Labute approximate surface area is 135 Å². The number of sulfonamides is 1. The topological polar surface area (TPSA) is 81.4 Å². The number of benzene rings is 1. The van der Waals surface area contributed by atoms with Crippen molar-refractivity contribution in [1.82, 2.24) is 4.72 Å². The Bertz CT molecular complexity index is 580. The molecule has 0 saturated heterocycles. The normalized spacial score (nSPS) is 11.6. The summed E-state index contributed by atoms with van der Waals surface area (Å²) in [7, 11) is -3.68. The van der Waals surface area contributed by atoms with Gasteiger partial charge in [-0.05, 0) is 35.0 Å². The summed E-state index contributed by atoms with van der Waals surface area (Å²) in [6, 6.07) is 3.17. The first-order valence-corrected chi connectivity index (χ1v) is 8.77. The monoisotopic (exact) mass is 426 g/mol. The number of ether oxygens (including phenoxy) is 1. The van der Waals surface area contributed by atoms with Crippen LogP contribution in [0.15, 0.2) is 38.1 Å². The molecule has 1 rings (SSSR count). The Kier molecular flexibility index (Phi) is 6.67. The minimum absolute atomic E-state index is 0.0283. The second-order valence-electron chi connectivity index (χ2n) is 4.21. The minimum atomic E-state index is -3.68. The molecule has 0 radical (unpaired) electrons. The van der Waals surface area contributed by atoms with Crippen LogP contribution in [-0.4, -0.2) is 28.2 Å². The van der Waals surface area contributed by atoms with E-state index in [2.05, 4.69) is 43.2 Å². The number of nitrogen functional groups attached to an aromatic ring is 1. The van der Waals surface area contributed by atoms with E-state index in [0.29, 0.717) is 15.6 Å². The van der Waals surface area contributed by atoms with Crippen LogP contribution in [0.3, 0.4) is 0 Å². The number of nitrogens with one attached hydrogen (secondary N) is 1. The molecule has 0 aromatic heterocycles. The molecule has 0 saturated carbocycles. The van der Waals surface area contributed by atoms with Gasteiger partial charge in [0.2, 0.25) is 10.0 Å². The largest absolute Gasteiger partial charge is 0.398 e. The zero-order valence-electron chi connectivity index (χ0n) is 10.9. The molecule has 1 aromatic rings. The molecular formula is C12H16Br2N2O3S. The van der Waals surface area contributed by atoms with Gasteiger partial charge in [0, 0.05) is 15.5 Å². The van der Waals surface area contributed by atoms with Crippen molar-refractivity contribution in [3.8, 4) is 0 Å². The molecule has 0 aliphatic rings. The maximum atomic E-state index is 12.2. The summed E-state index contributed by atoms with van der Waals surface area (Å²) in [4.78, 5) is 0.0283. The van der Waals surface area contributed by atoms with Crippen molar-refractivity contribution < 1.29 is 13.2 Å². The lowest BCUT2D eigenvalue weighted by Crippen LogP contribution is -2.28. The molecule has 0 fully saturated rings. The molecule has 0 unspecified atom stereocenters. The third kappa shape index (κ3) is 5.17. The predicted molar refractivity (Wildman–Crippen MR) is 87.1 cm³/mol. The smallest absolute Gasteiger partial charge is 0.243 e. The second-order valence-corrected chi connectivity index (χ2v) is 7.69. The second kappa shape index (κ2) is 7.56. The van der Waals surface area contributed by atoms with Crippen molar-refractivity contribution >= 4 is 47.6 Å². The maximum Gasteiger partial charge on any atom is 0.243 e. The third-order valence-electron chi connectivity index (χ3n) is 2.19. The number of anilines is 1. The van der Waals surface area contributed by atoms with Crippen LogP contribution in [0.4, 0.5) is 5.69 Å². The Morgan fingerprint density at radius 1 is 1.45 bits per heavy atom. The van der Waals surface area contributed by atoms with Gasteiger partial charge in [-0.2, -0.15) is 0 Å². The van der Waals surface area contributed by atoms with E-state index in [4.69, 9.17) is 10.5 Å². The lowest BCUT2D eigenvalue weighted by atomic mass is 10.3. The highest BCUT2D eigenvalue weighted by Crippen LogP contribution is 2.31. The van der Waals surface area contributed by atoms with Crippen LogP contribution in [0.2, 0.25) is 0 Å². The first kappa shape index (κ1) is 17.6. The van der Waals surface area contributed by atoms with Crippen LogP contribution in [0.1, 0.15) is 6.92 Å². The fourth-order valence-corrected chi connectivity index (χ4v) is 4.51. The van der Waals surface area contributed by atoms with Crippen molar-refractivity contribution in [2.45, 2.75) is 11.8 Å². The molecule has 112 valence electrons. The van der Waals surface area contributed by atoms with Gasteiger partial charge in [0.05, 0.1) is 18.9 Å². The lowest BCUT2D eigenvalue weighted by molar-refractivity contribution is 0.162. The average Bonchev–Trinajstić information content (AvgIpc) is 2.25. The fraction of sp³-hybridized carbons (Fsp3) is 0.333. The maximum absolute atomic E-state index is 12.2. The van der Waals surface area contributed by atoms with Gasteiger partial charge in [0.15, 0.2) is 0 Å². The molecule has 8 heteroatoms. The Morgan fingerprint density at radius 2 is 2.10 bits per heavy atom. The summed E-state index contributed by atoms with van der Waals surface area (Å²) in [6.07, 6.45) is 0. The highest BCUT2D eigenvalue weighted by Gasteiger charge is 2.21. The summed E-state index contributed by atoms with van der Waals surface area (Å²) >= 11 is 6.45. The Morgan fingerprint density at radius 3 is 2.65 bits per heavy atom. The summed E-state index contributed by atoms with van der Waals surface area (Å²) in [6.45, 7) is 6.36. The van der Waals surface area contributed by atoms with E-state index >= 15 is 0 Å². The number of rotatable bonds is 7. The van der Waals surface area contributed by atoms with Gasteiger partial charge in [0.1, 0.15) is 4.90 Å². The van der Waals surface area contributed by atoms with Crippen molar-refractivity contribution in [3.05, 3.63) is 33.2 Å². The van der Waals surface area contributed by atoms with Gasteiger partial charge in [-0.15, -0.1) is 0 Å². The first-order valence-electron chi connectivity index (χ1n) is 5.70. The molecule has 0 aliphatic heterocycles. The van der Waals surface area contributed by atoms with Crippen molar-refractivity contribution in [2.24, 2.45) is 0 Å². The quantitative estimate of drug-likeness (QED) is 0.398. The molecule has 5 nitrogen and oxygen atoms in total. The third-order valence-corrected chi connectivity index (χ3v) is 5.12. The van der Waals surface area contributed by atoms with E-state index in [1.807, 2.05) is 6.92 Å². The highest BCUT2D eigenvalue weighted by molar-refractivity contribution is 9.11. The highest BCUT2D eigenvalue weighted by atomic mass is 79.9. The van der Waals surface area contributed by atoms with Crippen LogP contribution < -0.4 is 10.5 Å². The standard InChI is InChI=1S/C12H16Br2N2O3S/c1-8(2)7-19-4-3-16-20(17,18)12-10(14)5-9(13)6-11(12)15/h5-6,16H,1,3-4,7,15H2,2H3. The van der Waals surface area contributed by atoms with Gasteiger partial charge < -0.3 is 10.5 Å². The van der Waals surface area contributed by atoms with E-state index in [1.54, 1.807) is 6.07 Å². The summed E-state index contributed by atoms with van der Waals surface area (Å²) in [5.41, 5.74) is 6.81. The van der Waals surface area contributed by atoms with Gasteiger partial charge in [-0.3, -0.25) is 0 Å². The molecule has 0 atom stereocenters. The van der Waals surface area contributed by atoms with Crippen molar-refractivity contribution in [3.63, 3.8) is 0 Å². The molecule has 0 aliphatic carbocycles. The molecular weight excluding hydrogens is 412 g/mol. The number of nitrogens with two attached hydrogens (primary N) is 1. The van der Waals surface area contributed by atoms with Gasteiger partial charge in [-0.1, -0.05) is 28.1 Å². The number of hydrogen-bond acceptors (Lipinski definition) is 4. The SMILES string of the molecule is C=C(C)COCCNS(=O)(=O)c1c(N)cc(Br)cc1Br. The van der Waals surface area contributed by atoms with Crippen LogP contribution in [-0.2, 0) is 14.8 Å². The zero-order chi connectivity index (χ0) is 15.3. The summed E-state index contributed by atoms with van der Waals surface area (Å²) in [5.74, 6) is 0. The van der Waals surface area contributed by atoms with Crippen molar-refractivity contribution in [1.29, 1.82) is 0 Å². The van der Waals surface area contributed by atoms with E-state index in [1.165, 1.54) is 6.07 Å². The van der Waals surface area contributed by atoms with Gasteiger partial charge in [0.25, 0.3) is 0 Å². The van der Waals surface area contributed by atoms with Crippen LogP contribution in [0.25, 0.3) is 0 Å². The molecule has 0 bridgehead atoms. The van der Waals surface area contributed by atoms with Crippen LogP contribution in [0.5, 0.6) is 0 Å². The predicted octanol–water partition coefficient (Wildman–Crippen LogP) is 2.66. The average molecular weight is 428 g/mol. The fourth-order valence-electron chi connectivity index (χ4n) is 1.43. The molecule has 3 N–H and O–H groups in total. The van der Waals surface area contributed by atoms with E-state index in [9.17, 15) is 8.42 Å². The number of halogens is 2. The van der Waals surface area contributed by atoms with Gasteiger partial charge in [-0.25, -0.2) is 13.1 Å². The van der Waals surface area contributed by atoms with E-state index in [-0.39, 0.29) is 23.7 Å². The molecule has 0 heterocycles. The molecule has 0 amide bonds. The zero-order valence-corrected chi connectivity index (χ0v) is 14.9. The summed E-state index contributed by atoms with van der Waals surface area (Å²) in [5, 5.41) is 0. The first-order chi connectivity index (χ1) is 9.24. The molecule has 1 aromatic carbocycles. The Balaban J connectivity index is 2.73. The van der Waals surface area contributed by atoms with Crippen molar-refractivity contribution in [2.75, 3.05) is 25.5 Å². The van der Waals surface area contributed by atoms with Gasteiger partial charge >= 0.3 is 0 Å². The van der Waals surface area contributed by atoms with E-state index in [0.717, 1.165) is 5.57 Å². The Hall–Kier alpha value is -0.410. The van der Waals surface area contributed by atoms with Crippen LogP contribution in [0, 0.1) is 0 Å². The van der Waals surface area contributed by atoms with Crippen LogP contribution >= 0.6 is 31.9 Å².